The predicted molar refractivity (Wildman–Crippen MR) is 62.1 cm³/mol. The Hall–Kier alpha value is -0.610. The molecule has 1 N–H and O–H groups in total. The summed E-state index contributed by atoms with van der Waals surface area (Å²) in [5.74, 6) is -0.469. The van der Waals surface area contributed by atoms with E-state index in [2.05, 4.69) is 25.7 Å². The molecule has 0 atom stereocenters. The molecule has 0 aliphatic carbocycles. The first kappa shape index (κ1) is 13.5. The summed E-state index contributed by atoms with van der Waals surface area (Å²) in [6.45, 7) is 9.97. The Balaban J connectivity index is 2.56. The van der Waals surface area contributed by atoms with Gasteiger partial charge in [-0.3, -0.25) is 4.90 Å². The van der Waals surface area contributed by atoms with Crippen LogP contribution in [0.1, 0.15) is 40.5 Å². The van der Waals surface area contributed by atoms with Crippen LogP contribution in [0.25, 0.3) is 0 Å². The fourth-order valence-corrected chi connectivity index (χ4v) is 2.02. The quantitative estimate of drug-likeness (QED) is 0.722. The summed E-state index contributed by atoms with van der Waals surface area (Å²) in [5.41, 5.74) is -1.17. The first-order valence-electron chi connectivity index (χ1n) is 5.94. The van der Waals surface area contributed by atoms with Crippen LogP contribution in [0.2, 0.25) is 0 Å². The highest BCUT2D eigenvalue weighted by Crippen LogP contribution is 2.27. The molecule has 0 aromatic carbocycles. The summed E-state index contributed by atoms with van der Waals surface area (Å²) in [6, 6.07) is 0. The molecule has 0 radical (unpaired) electrons. The van der Waals surface area contributed by atoms with Crippen molar-refractivity contribution in [2.24, 2.45) is 0 Å². The summed E-state index contributed by atoms with van der Waals surface area (Å²) in [4.78, 5) is 13.9. The summed E-state index contributed by atoms with van der Waals surface area (Å²) >= 11 is 0. The summed E-state index contributed by atoms with van der Waals surface area (Å²) in [5, 5.41) is 10.2. The number of piperidine rings is 1. The van der Waals surface area contributed by atoms with E-state index in [-0.39, 0.29) is 5.54 Å². The first-order valence-corrected chi connectivity index (χ1v) is 5.94. The van der Waals surface area contributed by atoms with Gasteiger partial charge in [-0.1, -0.05) is 0 Å². The molecule has 0 aromatic rings. The lowest BCUT2D eigenvalue weighted by Gasteiger charge is -2.43. The van der Waals surface area contributed by atoms with Gasteiger partial charge in [0.25, 0.3) is 0 Å². The zero-order valence-electron chi connectivity index (χ0n) is 10.7. The fraction of sp³-hybridized carbons (Fsp3) is 0.917. The number of carbonyl (C=O) groups excluding carboxylic acids is 1. The van der Waals surface area contributed by atoms with Crippen LogP contribution in [0.5, 0.6) is 0 Å². The molecule has 1 aliphatic rings. The van der Waals surface area contributed by atoms with E-state index in [1.807, 2.05) is 0 Å². The average molecular weight is 229 g/mol. The number of aliphatic hydroxyl groups is 1. The maximum Gasteiger partial charge on any atom is 0.338 e. The van der Waals surface area contributed by atoms with Crippen molar-refractivity contribution in [3.63, 3.8) is 0 Å². The van der Waals surface area contributed by atoms with Crippen molar-refractivity contribution < 1.29 is 14.6 Å². The molecule has 1 heterocycles. The minimum atomic E-state index is -1.27. The zero-order valence-corrected chi connectivity index (χ0v) is 10.7. The molecule has 1 saturated heterocycles. The molecular weight excluding hydrogens is 206 g/mol. The third kappa shape index (κ3) is 2.95. The molecule has 1 fully saturated rings. The second-order valence-corrected chi connectivity index (χ2v) is 5.41. The molecule has 4 nitrogen and oxygen atoms in total. The van der Waals surface area contributed by atoms with E-state index in [1.165, 1.54) is 0 Å². The lowest BCUT2D eigenvalue weighted by molar-refractivity contribution is -0.171. The minimum Gasteiger partial charge on any atom is -0.464 e. The lowest BCUT2D eigenvalue weighted by Crippen LogP contribution is -2.54. The highest BCUT2D eigenvalue weighted by molar-refractivity contribution is 5.79. The molecule has 0 spiro atoms. The van der Waals surface area contributed by atoms with Gasteiger partial charge in [0.1, 0.15) is 0 Å². The van der Waals surface area contributed by atoms with Crippen LogP contribution in [-0.2, 0) is 9.53 Å². The van der Waals surface area contributed by atoms with Gasteiger partial charge < -0.3 is 9.84 Å². The van der Waals surface area contributed by atoms with Gasteiger partial charge in [-0.05, 0) is 40.5 Å². The van der Waals surface area contributed by atoms with Crippen molar-refractivity contribution in [1.29, 1.82) is 0 Å². The van der Waals surface area contributed by atoms with E-state index >= 15 is 0 Å². The van der Waals surface area contributed by atoms with Crippen LogP contribution in [0.4, 0.5) is 0 Å². The monoisotopic (exact) mass is 229 g/mol. The van der Waals surface area contributed by atoms with Crippen molar-refractivity contribution in [1.82, 2.24) is 4.90 Å². The Morgan fingerprint density at radius 3 is 2.25 bits per heavy atom. The maximum atomic E-state index is 11.6. The van der Waals surface area contributed by atoms with Crippen molar-refractivity contribution in [2.45, 2.75) is 51.7 Å². The molecule has 0 aromatic heterocycles. The van der Waals surface area contributed by atoms with Gasteiger partial charge in [0.05, 0.1) is 6.61 Å². The number of likely N-dealkylation sites (tertiary alicyclic amines) is 1. The maximum absolute atomic E-state index is 11.6. The SMILES string of the molecule is CCOC(=O)C1(O)CCN(C(C)(C)C)CC1. The third-order valence-electron chi connectivity index (χ3n) is 3.19. The van der Waals surface area contributed by atoms with E-state index in [4.69, 9.17) is 4.74 Å². The smallest absolute Gasteiger partial charge is 0.338 e. The molecule has 0 saturated carbocycles. The van der Waals surface area contributed by atoms with E-state index in [0.29, 0.717) is 19.4 Å². The number of hydrogen-bond acceptors (Lipinski definition) is 4. The second-order valence-electron chi connectivity index (χ2n) is 5.41. The predicted octanol–water partition coefficient (Wildman–Crippen LogP) is 1.17. The van der Waals surface area contributed by atoms with Crippen LogP contribution in [0, 0.1) is 0 Å². The van der Waals surface area contributed by atoms with Crippen molar-refractivity contribution in [3.8, 4) is 0 Å². The highest BCUT2D eigenvalue weighted by Gasteiger charge is 2.42. The van der Waals surface area contributed by atoms with Crippen LogP contribution in [0.15, 0.2) is 0 Å². The standard InChI is InChI=1S/C12H23NO3/c1-5-16-10(14)12(15)6-8-13(9-7-12)11(2,3)4/h15H,5-9H2,1-4H3. The average Bonchev–Trinajstić information content (AvgIpc) is 2.17. The molecule has 94 valence electrons. The molecule has 0 bridgehead atoms. The van der Waals surface area contributed by atoms with Crippen LogP contribution in [-0.4, -0.2) is 46.8 Å². The Morgan fingerprint density at radius 2 is 1.88 bits per heavy atom. The summed E-state index contributed by atoms with van der Waals surface area (Å²) < 4.78 is 4.90. The molecular formula is C12H23NO3. The van der Waals surface area contributed by atoms with E-state index in [1.54, 1.807) is 6.92 Å². The van der Waals surface area contributed by atoms with Crippen molar-refractivity contribution in [2.75, 3.05) is 19.7 Å². The Morgan fingerprint density at radius 1 is 1.38 bits per heavy atom. The number of carbonyl (C=O) groups is 1. The Bertz CT molecular complexity index is 249. The van der Waals surface area contributed by atoms with Gasteiger partial charge in [0.2, 0.25) is 0 Å². The molecule has 16 heavy (non-hydrogen) atoms. The highest BCUT2D eigenvalue weighted by atomic mass is 16.5. The number of nitrogens with zero attached hydrogens (tertiary/aromatic N) is 1. The first-order chi connectivity index (χ1) is 7.29. The zero-order chi connectivity index (χ0) is 12.4. The van der Waals surface area contributed by atoms with E-state index in [0.717, 1.165) is 13.1 Å². The topological polar surface area (TPSA) is 49.8 Å². The molecule has 4 heteroatoms. The molecule has 0 unspecified atom stereocenters. The van der Waals surface area contributed by atoms with Crippen LogP contribution in [0.3, 0.4) is 0 Å². The Labute approximate surface area is 97.6 Å². The van der Waals surface area contributed by atoms with Gasteiger partial charge in [-0.25, -0.2) is 4.79 Å². The lowest BCUT2D eigenvalue weighted by atomic mass is 9.89. The second kappa shape index (κ2) is 4.72. The number of esters is 1. The van der Waals surface area contributed by atoms with Gasteiger partial charge in [-0.2, -0.15) is 0 Å². The Kier molecular flexibility index (Phi) is 3.97. The third-order valence-corrected chi connectivity index (χ3v) is 3.19. The summed E-state index contributed by atoms with van der Waals surface area (Å²) in [7, 11) is 0. The molecule has 1 aliphatic heterocycles. The van der Waals surface area contributed by atoms with Gasteiger partial charge in [0, 0.05) is 18.6 Å². The van der Waals surface area contributed by atoms with Gasteiger partial charge in [0.15, 0.2) is 5.60 Å². The number of rotatable bonds is 2. The number of ether oxygens (including phenoxy) is 1. The number of hydrogen-bond donors (Lipinski definition) is 1. The van der Waals surface area contributed by atoms with Crippen molar-refractivity contribution in [3.05, 3.63) is 0 Å². The van der Waals surface area contributed by atoms with Crippen LogP contribution >= 0.6 is 0 Å². The van der Waals surface area contributed by atoms with Crippen molar-refractivity contribution >= 4 is 5.97 Å². The van der Waals surface area contributed by atoms with Gasteiger partial charge in [-0.15, -0.1) is 0 Å². The van der Waals surface area contributed by atoms with Gasteiger partial charge >= 0.3 is 5.97 Å². The fourth-order valence-electron chi connectivity index (χ4n) is 2.02. The van der Waals surface area contributed by atoms with Crippen LogP contribution < -0.4 is 0 Å². The molecule has 1 rings (SSSR count). The molecule has 0 amide bonds. The minimum absolute atomic E-state index is 0.0932. The normalized spacial score (nSPS) is 21.8. The van der Waals surface area contributed by atoms with E-state index in [9.17, 15) is 9.90 Å². The largest absolute Gasteiger partial charge is 0.464 e. The van der Waals surface area contributed by atoms with E-state index < -0.39 is 11.6 Å². The summed E-state index contributed by atoms with van der Waals surface area (Å²) in [6.07, 6.45) is 0.923.